The maximum absolute atomic E-state index is 12.7. The van der Waals surface area contributed by atoms with Gasteiger partial charge >= 0.3 is 5.69 Å². The molecule has 0 atom stereocenters. The maximum Gasteiger partial charge on any atom is 0.332 e. The topological polar surface area (TPSA) is 82.3 Å². The fourth-order valence-corrected chi connectivity index (χ4v) is 3.50. The number of ether oxygens (including phenoxy) is 1. The molecule has 0 radical (unpaired) electrons. The van der Waals surface area contributed by atoms with Crippen molar-refractivity contribution in [2.75, 3.05) is 13.7 Å². The molecule has 0 spiro atoms. The van der Waals surface area contributed by atoms with E-state index in [0.29, 0.717) is 16.8 Å². The third kappa shape index (κ3) is 3.76. The van der Waals surface area contributed by atoms with Crippen molar-refractivity contribution in [3.8, 4) is 0 Å². The Morgan fingerprint density at radius 1 is 1.15 bits per heavy atom. The highest BCUT2D eigenvalue weighted by atomic mass is 32.1. The first-order valence-corrected chi connectivity index (χ1v) is 9.00. The zero-order chi connectivity index (χ0) is 18.5. The molecule has 136 valence electrons. The summed E-state index contributed by atoms with van der Waals surface area (Å²) in [7, 11) is 1.50. The number of carbonyl (C=O) groups excluding carboxylic acids is 1. The van der Waals surface area contributed by atoms with Gasteiger partial charge in [0, 0.05) is 13.7 Å². The Morgan fingerprint density at radius 2 is 1.92 bits per heavy atom. The van der Waals surface area contributed by atoms with E-state index in [1.165, 1.54) is 23.0 Å². The predicted molar refractivity (Wildman–Crippen MR) is 101 cm³/mol. The summed E-state index contributed by atoms with van der Waals surface area (Å²) in [4.78, 5) is 37.5. The van der Waals surface area contributed by atoms with Crippen LogP contribution in [0.4, 0.5) is 0 Å². The smallest absolute Gasteiger partial charge is 0.332 e. The number of rotatable bonds is 7. The van der Waals surface area contributed by atoms with Crippen LogP contribution in [0.25, 0.3) is 10.2 Å². The van der Waals surface area contributed by atoms with Crippen LogP contribution in [-0.4, -0.2) is 28.8 Å². The molecule has 8 heteroatoms. The molecule has 1 amide bonds. The van der Waals surface area contributed by atoms with E-state index in [1.54, 1.807) is 11.4 Å². The number of hydrogen-bond donors (Lipinski definition) is 1. The van der Waals surface area contributed by atoms with E-state index in [9.17, 15) is 14.4 Å². The van der Waals surface area contributed by atoms with E-state index in [0.717, 1.165) is 10.1 Å². The highest BCUT2D eigenvalue weighted by Crippen LogP contribution is 2.15. The van der Waals surface area contributed by atoms with Gasteiger partial charge in [0.2, 0.25) is 5.91 Å². The highest BCUT2D eigenvalue weighted by molar-refractivity contribution is 7.17. The zero-order valence-electron chi connectivity index (χ0n) is 14.3. The number of nitrogens with one attached hydrogen (secondary N) is 1. The number of thiophene rings is 1. The summed E-state index contributed by atoms with van der Waals surface area (Å²) in [5.74, 6) is -0.291. The molecule has 0 unspecified atom stereocenters. The Morgan fingerprint density at radius 3 is 2.65 bits per heavy atom. The molecule has 3 rings (SSSR count). The monoisotopic (exact) mass is 373 g/mol. The number of hydrogen-bond acceptors (Lipinski definition) is 5. The molecule has 0 saturated heterocycles. The summed E-state index contributed by atoms with van der Waals surface area (Å²) in [5.41, 5.74) is 0.596. The summed E-state index contributed by atoms with van der Waals surface area (Å²) >= 11 is 1.26. The third-order valence-corrected chi connectivity index (χ3v) is 4.88. The summed E-state index contributed by atoms with van der Waals surface area (Å²) in [6.07, 6.45) is 0. The number of carbonyl (C=O) groups is 1. The molecule has 2 aromatic heterocycles. The molecule has 3 aromatic rings. The maximum atomic E-state index is 12.7. The number of amides is 1. The molecule has 0 aliphatic rings. The lowest BCUT2D eigenvalue weighted by Crippen LogP contribution is -2.42. The Balaban J connectivity index is 1.87. The second kappa shape index (κ2) is 8.11. The van der Waals surface area contributed by atoms with Gasteiger partial charge in [-0.15, -0.1) is 11.3 Å². The van der Waals surface area contributed by atoms with Crippen molar-refractivity contribution in [2.45, 2.75) is 19.6 Å². The molecular formula is C18H19N3O4S. The van der Waals surface area contributed by atoms with Crippen molar-refractivity contribution in [3.63, 3.8) is 0 Å². The molecule has 2 heterocycles. The van der Waals surface area contributed by atoms with Gasteiger partial charge in [-0.25, -0.2) is 4.79 Å². The molecule has 0 bridgehead atoms. The average molecular weight is 373 g/mol. The van der Waals surface area contributed by atoms with Crippen LogP contribution in [0.15, 0.2) is 51.4 Å². The average Bonchev–Trinajstić information content (AvgIpc) is 3.14. The van der Waals surface area contributed by atoms with Crippen molar-refractivity contribution in [2.24, 2.45) is 0 Å². The summed E-state index contributed by atoms with van der Waals surface area (Å²) in [5, 5.41) is 4.54. The molecular weight excluding hydrogens is 354 g/mol. The van der Waals surface area contributed by atoms with Gasteiger partial charge in [0.1, 0.15) is 11.2 Å². The van der Waals surface area contributed by atoms with E-state index in [1.807, 2.05) is 30.3 Å². The first kappa shape index (κ1) is 18.1. The van der Waals surface area contributed by atoms with Gasteiger partial charge in [-0.3, -0.25) is 18.7 Å². The minimum Gasteiger partial charge on any atom is -0.383 e. The summed E-state index contributed by atoms with van der Waals surface area (Å²) in [6, 6.07) is 11.2. The van der Waals surface area contributed by atoms with Crippen LogP contribution in [0.5, 0.6) is 0 Å². The first-order valence-electron chi connectivity index (χ1n) is 8.12. The van der Waals surface area contributed by atoms with Crippen LogP contribution in [0.3, 0.4) is 0 Å². The second-order valence-electron chi connectivity index (χ2n) is 5.72. The zero-order valence-corrected chi connectivity index (χ0v) is 15.1. The number of benzene rings is 1. The van der Waals surface area contributed by atoms with Crippen LogP contribution in [0, 0.1) is 0 Å². The Kier molecular flexibility index (Phi) is 5.65. The number of fused-ring (bicyclic) bond motifs is 1. The van der Waals surface area contributed by atoms with Crippen molar-refractivity contribution in [1.82, 2.24) is 14.5 Å². The third-order valence-electron chi connectivity index (χ3n) is 3.99. The van der Waals surface area contributed by atoms with Crippen LogP contribution < -0.4 is 16.6 Å². The van der Waals surface area contributed by atoms with E-state index in [4.69, 9.17) is 4.74 Å². The minimum atomic E-state index is -0.507. The summed E-state index contributed by atoms with van der Waals surface area (Å²) in [6.45, 7) is 0.622. The van der Waals surface area contributed by atoms with Crippen LogP contribution in [0.2, 0.25) is 0 Å². The van der Waals surface area contributed by atoms with Crippen LogP contribution >= 0.6 is 11.3 Å². The van der Waals surface area contributed by atoms with Crippen molar-refractivity contribution in [3.05, 3.63) is 68.2 Å². The quantitative estimate of drug-likeness (QED) is 0.674. The molecule has 1 aromatic carbocycles. The van der Waals surface area contributed by atoms with E-state index in [2.05, 4.69) is 5.32 Å². The lowest BCUT2D eigenvalue weighted by atomic mass is 10.2. The molecule has 26 heavy (non-hydrogen) atoms. The lowest BCUT2D eigenvalue weighted by molar-refractivity contribution is -0.121. The van der Waals surface area contributed by atoms with Gasteiger partial charge in [0.15, 0.2) is 0 Å². The Hall–Kier alpha value is -2.71. The van der Waals surface area contributed by atoms with Crippen molar-refractivity contribution >= 4 is 27.5 Å². The minimum absolute atomic E-state index is 0.146. The molecule has 0 aliphatic carbocycles. The number of methoxy groups -OCH3 is 1. The number of aromatic nitrogens is 2. The molecule has 7 nitrogen and oxygen atoms in total. The highest BCUT2D eigenvalue weighted by Gasteiger charge is 2.16. The van der Waals surface area contributed by atoms with Crippen LogP contribution in [-0.2, 0) is 29.2 Å². The molecule has 0 fully saturated rings. The van der Waals surface area contributed by atoms with E-state index in [-0.39, 0.29) is 31.2 Å². The van der Waals surface area contributed by atoms with Crippen molar-refractivity contribution < 1.29 is 9.53 Å². The molecule has 0 saturated carbocycles. The van der Waals surface area contributed by atoms with Gasteiger partial charge in [-0.05, 0) is 17.0 Å². The Labute approximate surface area is 153 Å². The fourth-order valence-electron chi connectivity index (χ4n) is 2.66. The van der Waals surface area contributed by atoms with Gasteiger partial charge in [-0.2, -0.15) is 0 Å². The second-order valence-corrected chi connectivity index (χ2v) is 6.63. The van der Waals surface area contributed by atoms with Gasteiger partial charge < -0.3 is 10.1 Å². The van der Waals surface area contributed by atoms with E-state index >= 15 is 0 Å². The first-order chi connectivity index (χ1) is 12.6. The van der Waals surface area contributed by atoms with E-state index < -0.39 is 5.69 Å². The number of nitrogens with zero attached hydrogens (tertiary/aromatic N) is 2. The Bertz CT molecular complexity index is 1020. The lowest BCUT2D eigenvalue weighted by Gasteiger charge is -2.12. The van der Waals surface area contributed by atoms with Gasteiger partial charge in [0.05, 0.1) is 18.7 Å². The van der Waals surface area contributed by atoms with Crippen LogP contribution in [0.1, 0.15) is 5.56 Å². The molecule has 0 aliphatic heterocycles. The largest absolute Gasteiger partial charge is 0.383 e. The molecule has 1 N–H and O–H groups in total. The predicted octanol–water partition coefficient (Wildman–Crippen LogP) is 1.19. The fraction of sp³-hybridized carbons (Fsp3) is 0.278. The standard InChI is InChI=1S/C18H19N3O4S/c1-25-9-8-20-17(23)16-14(7-10-26-16)21(18(20)24)12-15(22)19-11-13-5-3-2-4-6-13/h2-7,10H,8-9,11-12H2,1H3,(H,19,22). The normalized spacial score (nSPS) is 11.0. The van der Waals surface area contributed by atoms with Gasteiger partial charge in [-0.1, -0.05) is 30.3 Å². The van der Waals surface area contributed by atoms with Gasteiger partial charge in [0.25, 0.3) is 5.56 Å². The SMILES string of the molecule is COCCn1c(=O)c2sccc2n(CC(=O)NCc2ccccc2)c1=O. The van der Waals surface area contributed by atoms with Crippen molar-refractivity contribution in [1.29, 1.82) is 0 Å². The summed E-state index contributed by atoms with van der Waals surface area (Å²) < 4.78 is 7.88.